The molecule has 0 spiro atoms. The number of hydrogen-bond donors (Lipinski definition) is 0. The maximum atomic E-state index is 13.3. The summed E-state index contributed by atoms with van der Waals surface area (Å²) in [7, 11) is -3.39. The van der Waals surface area contributed by atoms with E-state index in [0.29, 0.717) is 16.7 Å². The third-order valence-corrected chi connectivity index (χ3v) is 12.9. The summed E-state index contributed by atoms with van der Waals surface area (Å²) >= 11 is 0. The third-order valence-electron chi connectivity index (χ3n) is 11.0. The largest absolute Gasteiger partial charge is 0.462 e. The zero-order valence-electron chi connectivity index (χ0n) is 24.0. The van der Waals surface area contributed by atoms with Gasteiger partial charge in [0.1, 0.15) is 12.2 Å². The lowest BCUT2D eigenvalue weighted by Crippen LogP contribution is -2.57. The standard InChI is InChI=1S/C32H44O6S/c1-20(19-39(35,36)25-9-7-6-8-10-25)27-13-14-28-26-12-11-23-17-24(37-21(2)33)15-16-31(23,4)30(26)29(38-22(3)34)18-32(27,28)5/h6-11,20,24,26-30H,12-19H2,1-5H3/t20-,24+,26+,27-,28+,29-,30-,31+,32-/m1/s1. The first-order chi connectivity index (χ1) is 18.3. The van der Waals surface area contributed by atoms with E-state index in [2.05, 4.69) is 26.8 Å². The van der Waals surface area contributed by atoms with Gasteiger partial charge in [0.05, 0.1) is 10.6 Å². The molecular weight excluding hydrogens is 512 g/mol. The predicted octanol–water partition coefficient (Wildman–Crippen LogP) is 6.15. The van der Waals surface area contributed by atoms with Gasteiger partial charge in [-0.25, -0.2) is 8.42 Å². The van der Waals surface area contributed by atoms with Crippen LogP contribution in [0.2, 0.25) is 0 Å². The number of sulfone groups is 1. The van der Waals surface area contributed by atoms with Crippen molar-refractivity contribution >= 4 is 21.8 Å². The first kappa shape index (κ1) is 28.4. The fraction of sp³-hybridized carbons (Fsp3) is 0.688. The maximum Gasteiger partial charge on any atom is 0.302 e. The minimum atomic E-state index is -3.39. The Morgan fingerprint density at radius 2 is 1.72 bits per heavy atom. The number of hydrogen-bond acceptors (Lipinski definition) is 6. The number of carbonyl (C=O) groups excluding carboxylic acids is 2. The summed E-state index contributed by atoms with van der Waals surface area (Å²) in [6, 6.07) is 8.77. The summed E-state index contributed by atoms with van der Waals surface area (Å²) in [5, 5.41) is 0. The first-order valence-corrected chi connectivity index (χ1v) is 16.3. The van der Waals surface area contributed by atoms with Crippen LogP contribution in [0, 0.1) is 40.4 Å². The topological polar surface area (TPSA) is 86.7 Å². The van der Waals surface area contributed by atoms with E-state index in [1.807, 2.05) is 6.07 Å². The molecule has 0 aromatic heterocycles. The van der Waals surface area contributed by atoms with Crippen LogP contribution in [0.5, 0.6) is 0 Å². The molecule has 3 fully saturated rings. The van der Waals surface area contributed by atoms with Crippen LogP contribution in [0.1, 0.15) is 79.6 Å². The average Bonchev–Trinajstić information content (AvgIpc) is 3.20. The van der Waals surface area contributed by atoms with Crippen LogP contribution in [0.15, 0.2) is 46.9 Å². The number of fused-ring (bicyclic) bond motifs is 5. The van der Waals surface area contributed by atoms with Crippen LogP contribution in [0.4, 0.5) is 0 Å². The molecule has 0 heterocycles. The SMILES string of the molecule is CC(=O)O[C@H]1CC[C@@]2(C)C(=CC[C@@H]3[C@@H]2[C@H](OC(C)=O)C[C@]2(C)[C@@H]([C@H](C)CS(=O)(=O)c4ccccc4)CC[C@@H]32)C1. The fourth-order valence-corrected chi connectivity index (χ4v) is 11.2. The Morgan fingerprint density at radius 3 is 2.38 bits per heavy atom. The molecule has 0 radical (unpaired) electrons. The van der Waals surface area contributed by atoms with E-state index in [-0.39, 0.29) is 58.5 Å². The summed E-state index contributed by atoms with van der Waals surface area (Å²) < 4.78 is 38.3. The number of esters is 2. The molecule has 0 saturated heterocycles. The lowest BCUT2D eigenvalue weighted by atomic mass is 9.46. The second-order valence-electron chi connectivity index (χ2n) is 13.3. The Bertz CT molecular complexity index is 1240. The van der Waals surface area contributed by atoms with Gasteiger partial charge in [0, 0.05) is 26.2 Å². The Morgan fingerprint density at radius 1 is 1.03 bits per heavy atom. The second kappa shape index (κ2) is 10.4. The molecule has 0 amide bonds. The zero-order valence-corrected chi connectivity index (χ0v) is 24.8. The Hall–Kier alpha value is -2.15. The van der Waals surface area contributed by atoms with Gasteiger partial charge < -0.3 is 9.47 Å². The minimum absolute atomic E-state index is 0.00387. The van der Waals surface area contributed by atoms with Gasteiger partial charge in [0.2, 0.25) is 0 Å². The Labute approximate surface area is 233 Å². The molecule has 0 N–H and O–H groups in total. The normalized spacial score (nSPS) is 38.4. The van der Waals surface area contributed by atoms with E-state index >= 15 is 0 Å². The summed E-state index contributed by atoms with van der Waals surface area (Å²) in [5.74, 6) is 0.974. The fourth-order valence-electron chi connectivity index (χ4n) is 9.54. The van der Waals surface area contributed by atoms with Crippen molar-refractivity contribution in [3.63, 3.8) is 0 Å². The van der Waals surface area contributed by atoms with Crippen molar-refractivity contribution in [2.24, 2.45) is 40.4 Å². The van der Waals surface area contributed by atoms with Gasteiger partial charge in [0.15, 0.2) is 9.84 Å². The van der Waals surface area contributed by atoms with Crippen LogP contribution < -0.4 is 0 Å². The van der Waals surface area contributed by atoms with Crippen molar-refractivity contribution < 1.29 is 27.5 Å². The zero-order chi connectivity index (χ0) is 28.2. The van der Waals surface area contributed by atoms with Crippen molar-refractivity contribution in [3.05, 3.63) is 42.0 Å². The van der Waals surface area contributed by atoms with Crippen molar-refractivity contribution in [2.75, 3.05) is 5.75 Å². The second-order valence-corrected chi connectivity index (χ2v) is 15.3. The van der Waals surface area contributed by atoms with Gasteiger partial charge in [-0.2, -0.15) is 0 Å². The number of rotatable bonds is 6. The maximum absolute atomic E-state index is 13.3. The molecule has 5 rings (SSSR count). The summed E-state index contributed by atoms with van der Waals surface area (Å²) in [6.07, 6.45) is 8.39. The molecule has 3 saturated carbocycles. The van der Waals surface area contributed by atoms with Crippen LogP contribution in [0.3, 0.4) is 0 Å². The van der Waals surface area contributed by atoms with E-state index in [1.165, 1.54) is 19.4 Å². The van der Waals surface area contributed by atoms with Crippen molar-refractivity contribution in [2.45, 2.75) is 96.7 Å². The van der Waals surface area contributed by atoms with Crippen molar-refractivity contribution in [3.8, 4) is 0 Å². The first-order valence-electron chi connectivity index (χ1n) is 14.7. The van der Waals surface area contributed by atoms with E-state index in [0.717, 1.165) is 44.9 Å². The smallest absolute Gasteiger partial charge is 0.302 e. The van der Waals surface area contributed by atoms with Gasteiger partial charge in [-0.3, -0.25) is 9.59 Å². The van der Waals surface area contributed by atoms with Crippen LogP contribution in [-0.2, 0) is 28.9 Å². The highest BCUT2D eigenvalue weighted by Gasteiger charge is 2.63. The number of benzene rings is 1. The number of ether oxygens (including phenoxy) is 2. The minimum Gasteiger partial charge on any atom is -0.462 e. The number of carbonyl (C=O) groups is 2. The molecule has 4 aliphatic carbocycles. The highest BCUT2D eigenvalue weighted by Crippen LogP contribution is 2.67. The highest BCUT2D eigenvalue weighted by molar-refractivity contribution is 7.91. The van der Waals surface area contributed by atoms with Gasteiger partial charge >= 0.3 is 11.9 Å². The monoisotopic (exact) mass is 556 g/mol. The van der Waals surface area contributed by atoms with E-state index < -0.39 is 9.84 Å². The molecule has 1 aromatic rings. The molecule has 1 aromatic carbocycles. The van der Waals surface area contributed by atoms with Crippen molar-refractivity contribution in [1.29, 1.82) is 0 Å². The third kappa shape index (κ3) is 5.09. The lowest BCUT2D eigenvalue weighted by molar-refractivity contribution is -0.176. The van der Waals surface area contributed by atoms with Crippen LogP contribution >= 0.6 is 0 Å². The molecule has 214 valence electrons. The average molecular weight is 557 g/mol. The molecule has 0 bridgehead atoms. The van der Waals surface area contributed by atoms with E-state index in [9.17, 15) is 18.0 Å². The van der Waals surface area contributed by atoms with Crippen LogP contribution in [-0.4, -0.2) is 38.3 Å². The lowest BCUT2D eigenvalue weighted by Gasteiger charge is -2.60. The molecule has 7 heteroatoms. The summed E-state index contributed by atoms with van der Waals surface area (Å²) in [5.41, 5.74) is 1.16. The molecular formula is C32H44O6S. The Kier molecular flexibility index (Phi) is 7.53. The van der Waals surface area contributed by atoms with E-state index in [4.69, 9.17) is 9.47 Å². The Balaban J connectivity index is 1.43. The molecule has 39 heavy (non-hydrogen) atoms. The quantitative estimate of drug-likeness (QED) is 0.309. The van der Waals surface area contributed by atoms with Gasteiger partial charge in [0.25, 0.3) is 0 Å². The van der Waals surface area contributed by atoms with Gasteiger partial charge in [-0.1, -0.05) is 50.6 Å². The molecule has 6 nitrogen and oxygen atoms in total. The van der Waals surface area contributed by atoms with Crippen molar-refractivity contribution in [1.82, 2.24) is 0 Å². The number of allylic oxidation sites excluding steroid dienone is 1. The summed E-state index contributed by atoms with van der Waals surface area (Å²) in [4.78, 5) is 24.4. The highest BCUT2D eigenvalue weighted by atomic mass is 32.2. The molecule has 0 unspecified atom stereocenters. The van der Waals surface area contributed by atoms with Gasteiger partial charge in [-0.05, 0) is 85.2 Å². The van der Waals surface area contributed by atoms with Gasteiger partial charge in [-0.15, -0.1) is 0 Å². The predicted molar refractivity (Wildman–Crippen MR) is 149 cm³/mol. The molecule has 4 aliphatic rings. The van der Waals surface area contributed by atoms with E-state index in [1.54, 1.807) is 24.3 Å². The molecule has 9 atom stereocenters. The van der Waals surface area contributed by atoms with Crippen LogP contribution in [0.25, 0.3) is 0 Å². The summed E-state index contributed by atoms with van der Waals surface area (Å²) in [6.45, 7) is 9.75. The molecule has 0 aliphatic heterocycles.